The van der Waals surface area contributed by atoms with Crippen LogP contribution in [0.15, 0.2) is 58.7 Å². The molecular formula is C22H19N3O5S. The van der Waals surface area contributed by atoms with E-state index in [4.69, 9.17) is 13.9 Å². The molecular weight excluding hydrogens is 418 g/mol. The van der Waals surface area contributed by atoms with Gasteiger partial charge in [0.15, 0.2) is 23.2 Å². The van der Waals surface area contributed by atoms with Crippen LogP contribution in [0.25, 0.3) is 22.4 Å². The van der Waals surface area contributed by atoms with E-state index in [-0.39, 0.29) is 0 Å². The molecule has 1 atom stereocenters. The summed E-state index contributed by atoms with van der Waals surface area (Å²) < 4.78 is 15.7. The van der Waals surface area contributed by atoms with Crippen molar-refractivity contribution < 1.29 is 23.5 Å². The number of anilines is 1. The Morgan fingerprint density at radius 1 is 1.19 bits per heavy atom. The highest BCUT2D eigenvalue weighted by atomic mass is 32.1. The summed E-state index contributed by atoms with van der Waals surface area (Å²) in [6, 6.07) is 12.2. The summed E-state index contributed by atoms with van der Waals surface area (Å²) in [6.07, 6.45) is 0.672. The first-order valence-corrected chi connectivity index (χ1v) is 10.4. The quantitative estimate of drug-likeness (QED) is 0.424. The molecule has 0 aliphatic heterocycles. The molecule has 9 heteroatoms. The van der Waals surface area contributed by atoms with Crippen LogP contribution < -0.4 is 10.1 Å². The Morgan fingerprint density at radius 2 is 2.00 bits per heavy atom. The number of thiazole rings is 1. The second-order valence-electron chi connectivity index (χ2n) is 6.59. The first kappa shape index (κ1) is 20.5. The molecule has 0 aliphatic carbocycles. The van der Waals surface area contributed by atoms with Crippen LogP contribution in [0.5, 0.6) is 5.75 Å². The Balaban J connectivity index is 1.41. The molecule has 158 valence electrons. The largest absolute Gasteiger partial charge is 0.497 e. The second-order valence-corrected chi connectivity index (χ2v) is 7.45. The Hall–Kier alpha value is -3.72. The number of esters is 1. The molecule has 0 fully saturated rings. The number of nitrogens with zero attached hydrogens (tertiary/aromatic N) is 2. The van der Waals surface area contributed by atoms with Crippen LogP contribution in [0.4, 0.5) is 5.13 Å². The lowest BCUT2D eigenvalue weighted by molar-refractivity contribution is -0.124. The molecule has 0 aliphatic rings. The van der Waals surface area contributed by atoms with Crippen LogP contribution >= 0.6 is 11.3 Å². The van der Waals surface area contributed by atoms with Gasteiger partial charge < -0.3 is 13.9 Å². The molecule has 31 heavy (non-hydrogen) atoms. The van der Waals surface area contributed by atoms with Gasteiger partial charge >= 0.3 is 5.97 Å². The number of methoxy groups -OCH3 is 1. The highest BCUT2D eigenvalue weighted by molar-refractivity contribution is 7.14. The van der Waals surface area contributed by atoms with Crippen molar-refractivity contribution in [3.05, 3.63) is 59.8 Å². The van der Waals surface area contributed by atoms with Crippen LogP contribution in [0, 0.1) is 0 Å². The van der Waals surface area contributed by atoms with Gasteiger partial charge in [0.05, 0.1) is 18.4 Å². The van der Waals surface area contributed by atoms with Gasteiger partial charge in [0.1, 0.15) is 11.3 Å². The molecule has 0 saturated heterocycles. The van der Waals surface area contributed by atoms with E-state index >= 15 is 0 Å². The van der Waals surface area contributed by atoms with Crippen molar-refractivity contribution in [3.63, 3.8) is 0 Å². The Kier molecular flexibility index (Phi) is 5.94. The summed E-state index contributed by atoms with van der Waals surface area (Å²) in [5.41, 5.74) is 3.04. The van der Waals surface area contributed by atoms with Gasteiger partial charge in [0.25, 0.3) is 5.91 Å². The lowest BCUT2D eigenvalue weighted by Gasteiger charge is -2.15. The van der Waals surface area contributed by atoms with Crippen molar-refractivity contribution >= 4 is 39.4 Å². The number of amides is 1. The summed E-state index contributed by atoms with van der Waals surface area (Å²) in [5.74, 6) is -0.290. The molecule has 2 heterocycles. The lowest BCUT2D eigenvalue weighted by atomic mass is 10.2. The van der Waals surface area contributed by atoms with E-state index in [2.05, 4.69) is 15.3 Å². The van der Waals surface area contributed by atoms with Gasteiger partial charge in [-0.1, -0.05) is 6.92 Å². The van der Waals surface area contributed by atoms with Crippen LogP contribution in [0.1, 0.15) is 23.7 Å². The van der Waals surface area contributed by atoms with E-state index in [1.165, 1.54) is 17.7 Å². The first-order valence-electron chi connectivity index (χ1n) is 9.52. The average Bonchev–Trinajstić information content (AvgIpc) is 3.46. The Bertz CT molecular complexity index is 1220. The zero-order chi connectivity index (χ0) is 21.8. The summed E-state index contributed by atoms with van der Waals surface area (Å²) >= 11 is 1.29. The van der Waals surface area contributed by atoms with E-state index in [0.717, 1.165) is 17.0 Å². The minimum atomic E-state index is -0.950. The SMILES string of the molecule is CCC(OC(=O)c1ccc2ocnc2c1)C(=O)Nc1nc(-c2ccc(OC)cc2)cs1. The fourth-order valence-electron chi connectivity index (χ4n) is 2.92. The third-order valence-electron chi connectivity index (χ3n) is 4.60. The van der Waals surface area contributed by atoms with Gasteiger partial charge in [-0.25, -0.2) is 14.8 Å². The van der Waals surface area contributed by atoms with Crippen LogP contribution in [-0.2, 0) is 9.53 Å². The van der Waals surface area contributed by atoms with Crippen molar-refractivity contribution in [3.8, 4) is 17.0 Å². The highest BCUT2D eigenvalue weighted by Crippen LogP contribution is 2.27. The normalized spacial score (nSPS) is 11.8. The number of rotatable bonds is 7. The summed E-state index contributed by atoms with van der Waals surface area (Å²) in [7, 11) is 1.61. The van der Waals surface area contributed by atoms with E-state index in [1.54, 1.807) is 32.2 Å². The molecule has 4 aromatic rings. The van der Waals surface area contributed by atoms with E-state index in [9.17, 15) is 9.59 Å². The molecule has 0 radical (unpaired) electrons. The smallest absolute Gasteiger partial charge is 0.338 e. The zero-order valence-corrected chi connectivity index (χ0v) is 17.6. The third-order valence-corrected chi connectivity index (χ3v) is 5.36. The summed E-state index contributed by atoms with van der Waals surface area (Å²) in [5, 5.41) is 5.00. The average molecular weight is 437 g/mol. The zero-order valence-electron chi connectivity index (χ0n) is 16.8. The van der Waals surface area contributed by atoms with Crippen LogP contribution in [0.2, 0.25) is 0 Å². The molecule has 2 aromatic heterocycles. The second kappa shape index (κ2) is 8.97. The molecule has 2 aromatic carbocycles. The molecule has 4 rings (SSSR count). The number of oxazole rings is 1. The van der Waals surface area contributed by atoms with E-state index in [0.29, 0.717) is 28.2 Å². The maximum Gasteiger partial charge on any atom is 0.338 e. The number of hydrogen-bond donors (Lipinski definition) is 1. The standard InChI is InChI=1S/C22H19N3O5S/c1-3-18(30-21(27)14-6-9-19-16(10-14)23-12-29-19)20(26)25-22-24-17(11-31-22)13-4-7-15(28-2)8-5-13/h4-12,18H,3H2,1-2H3,(H,24,25,26). The fourth-order valence-corrected chi connectivity index (χ4v) is 3.64. The van der Waals surface area contributed by atoms with Gasteiger partial charge in [0, 0.05) is 10.9 Å². The number of fused-ring (bicyclic) bond motifs is 1. The predicted molar refractivity (Wildman–Crippen MR) is 116 cm³/mol. The van der Waals surface area contributed by atoms with Gasteiger partial charge in [-0.05, 0) is 48.9 Å². The minimum Gasteiger partial charge on any atom is -0.497 e. The monoisotopic (exact) mass is 437 g/mol. The highest BCUT2D eigenvalue weighted by Gasteiger charge is 2.23. The molecule has 8 nitrogen and oxygen atoms in total. The van der Waals surface area contributed by atoms with Gasteiger partial charge in [-0.2, -0.15) is 0 Å². The van der Waals surface area contributed by atoms with E-state index in [1.807, 2.05) is 29.6 Å². The van der Waals surface area contributed by atoms with Crippen LogP contribution in [-0.4, -0.2) is 35.1 Å². The number of carbonyl (C=O) groups is 2. The fraction of sp³-hybridized carbons (Fsp3) is 0.182. The van der Waals surface area contributed by atoms with Gasteiger partial charge in [0.2, 0.25) is 0 Å². The Morgan fingerprint density at radius 3 is 2.74 bits per heavy atom. The third kappa shape index (κ3) is 4.56. The summed E-state index contributed by atoms with van der Waals surface area (Å²) in [6.45, 7) is 1.77. The lowest BCUT2D eigenvalue weighted by Crippen LogP contribution is -2.32. The van der Waals surface area contributed by atoms with Crippen molar-refractivity contribution in [2.24, 2.45) is 0 Å². The number of nitrogens with one attached hydrogen (secondary N) is 1. The number of benzene rings is 2. The molecule has 0 bridgehead atoms. The number of carbonyl (C=O) groups excluding carboxylic acids is 2. The van der Waals surface area contributed by atoms with Crippen molar-refractivity contribution in [1.29, 1.82) is 0 Å². The predicted octanol–water partition coefficient (Wildman–Crippen LogP) is 4.53. The van der Waals surface area contributed by atoms with Gasteiger partial charge in [-0.3, -0.25) is 10.1 Å². The maximum atomic E-state index is 12.6. The molecule has 1 N–H and O–H groups in total. The summed E-state index contributed by atoms with van der Waals surface area (Å²) in [4.78, 5) is 33.6. The first-order chi connectivity index (χ1) is 15.1. The van der Waals surface area contributed by atoms with Crippen molar-refractivity contribution in [1.82, 2.24) is 9.97 Å². The van der Waals surface area contributed by atoms with Crippen molar-refractivity contribution in [2.75, 3.05) is 12.4 Å². The topological polar surface area (TPSA) is 104 Å². The molecule has 0 saturated carbocycles. The minimum absolute atomic E-state index is 0.295. The molecule has 1 amide bonds. The maximum absolute atomic E-state index is 12.6. The molecule has 0 spiro atoms. The molecule has 1 unspecified atom stereocenters. The number of aromatic nitrogens is 2. The number of ether oxygens (including phenoxy) is 2. The Labute approximate surface area is 181 Å². The van der Waals surface area contributed by atoms with E-state index < -0.39 is 18.0 Å². The van der Waals surface area contributed by atoms with Gasteiger partial charge in [-0.15, -0.1) is 11.3 Å². The number of hydrogen-bond acceptors (Lipinski definition) is 8. The van der Waals surface area contributed by atoms with Crippen LogP contribution in [0.3, 0.4) is 0 Å². The van der Waals surface area contributed by atoms with Crippen molar-refractivity contribution in [2.45, 2.75) is 19.4 Å².